The average molecular weight is 334 g/mol. The number of carbonyl (C=O) groups is 2. The fourth-order valence-corrected chi connectivity index (χ4v) is 2.21. The maximum atomic E-state index is 13.7. The molecule has 2 aromatic rings. The van der Waals surface area contributed by atoms with Crippen molar-refractivity contribution in [2.24, 2.45) is 0 Å². The summed E-state index contributed by atoms with van der Waals surface area (Å²) in [5.41, 5.74) is 0.327. The van der Waals surface area contributed by atoms with Gasteiger partial charge in [0.15, 0.2) is 11.7 Å². The predicted molar refractivity (Wildman–Crippen MR) is 84.7 cm³/mol. The Hall–Kier alpha value is -2.70. The smallest absolute Gasteiger partial charge is 0.303 e. The van der Waals surface area contributed by atoms with Crippen molar-refractivity contribution >= 4 is 11.9 Å². The molecule has 1 heterocycles. The molecule has 0 atom stereocenters. The number of aromatic nitrogens is 1. The van der Waals surface area contributed by atoms with Crippen molar-refractivity contribution in [2.75, 3.05) is 13.6 Å². The number of halogens is 1. The first kappa shape index (κ1) is 17.7. The van der Waals surface area contributed by atoms with E-state index >= 15 is 0 Å². The Kier molecular flexibility index (Phi) is 6.06. The zero-order chi connectivity index (χ0) is 17.5. The third-order valence-electron chi connectivity index (χ3n) is 3.56. The van der Waals surface area contributed by atoms with Crippen LogP contribution in [0.3, 0.4) is 0 Å². The number of aryl methyl sites for hydroxylation is 1. The van der Waals surface area contributed by atoms with Crippen LogP contribution in [-0.2, 0) is 16.0 Å². The third kappa shape index (κ3) is 4.91. The highest BCUT2D eigenvalue weighted by atomic mass is 19.1. The standard InChI is InChI=1S/C17H19FN2O4/c1-20(10-4-7-17(22)23)16(21)9-8-15-19-11-14(24-15)12-5-2-3-6-13(12)18/h2-3,5-6,11H,4,7-10H2,1H3,(H,22,23). The zero-order valence-electron chi connectivity index (χ0n) is 13.4. The minimum Gasteiger partial charge on any atom is -0.481 e. The van der Waals surface area contributed by atoms with Crippen molar-refractivity contribution in [3.8, 4) is 11.3 Å². The second kappa shape index (κ2) is 8.24. The van der Waals surface area contributed by atoms with E-state index < -0.39 is 11.8 Å². The average Bonchev–Trinajstić information content (AvgIpc) is 3.01. The highest BCUT2D eigenvalue weighted by Crippen LogP contribution is 2.23. The van der Waals surface area contributed by atoms with Crippen molar-refractivity contribution in [3.63, 3.8) is 0 Å². The molecule has 0 aliphatic heterocycles. The lowest BCUT2D eigenvalue weighted by molar-refractivity contribution is -0.138. The molecule has 2 rings (SSSR count). The summed E-state index contributed by atoms with van der Waals surface area (Å²) >= 11 is 0. The quantitative estimate of drug-likeness (QED) is 0.802. The fourth-order valence-electron chi connectivity index (χ4n) is 2.21. The summed E-state index contributed by atoms with van der Waals surface area (Å²) in [5.74, 6) is -0.706. The number of amides is 1. The summed E-state index contributed by atoms with van der Waals surface area (Å²) in [6.07, 6.45) is 2.38. The van der Waals surface area contributed by atoms with E-state index in [1.807, 2.05) is 0 Å². The van der Waals surface area contributed by atoms with E-state index in [-0.39, 0.29) is 18.7 Å². The highest BCUT2D eigenvalue weighted by Gasteiger charge is 2.14. The van der Waals surface area contributed by atoms with Crippen LogP contribution in [0.5, 0.6) is 0 Å². The maximum Gasteiger partial charge on any atom is 0.303 e. The molecule has 1 aromatic heterocycles. The van der Waals surface area contributed by atoms with Gasteiger partial charge in [-0.1, -0.05) is 12.1 Å². The van der Waals surface area contributed by atoms with Crippen LogP contribution < -0.4 is 0 Å². The molecule has 1 N–H and O–H groups in total. The molecule has 0 radical (unpaired) electrons. The first-order valence-corrected chi connectivity index (χ1v) is 7.62. The zero-order valence-corrected chi connectivity index (χ0v) is 13.4. The second-order valence-electron chi connectivity index (χ2n) is 5.41. The van der Waals surface area contributed by atoms with Gasteiger partial charge in [0.05, 0.1) is 11.8 Å². The Balaban J connectivity index is 1.85. The molecule has 0 fully saturated rings. The Morgan fingerprint density at radius 1 is 1.29 bits per heavy atom. The SMILES string of the molecule is CN(CCCC(=O)O)C(=O)CCc1ncc(-c2ccccc2F)o1. The number of hydrogen-bond acceptors (Lipinski definition) is 4. The van der Waals surface area contributed by atoms with Gasteiger partial charge >= 0.3 is 5.97 Å². The molecule has 0 aliphatic carbocycles. The third-order valence-corrected chi connectivity index (χ3v) is 3.56. The number of rotatable bonds is 8. The van der Waals surface area contributed by atoms with E-state index in [1.165, 1.54) is 17.2 Å². The van der Waals surface area contributed by atoms with Gasteiger partial charge in [-0.05, 0) is 18.6 Å². The van der Waals surface area contributed by atoms with E-state index in [2.05, 4.69) is 4.98 Å². The summed E-state index contributed by atoms with van der Waals surface area (Å²) in [4.78, 5) is 28.0. The number of carboxylic acid groups (broad SMARTS) is 1. The van der Waals surface area contributed by atoms with Gasteiger partial charge in [-0.2, -0.15) is 0 Å². The molecule has 24 heavy (non-hydrogen) atoms. The number of nitrogens with zero attached hydrogens (tertiary/aromatic N) is 2. The van der Waals surface area contributed by atoms with Crippen LogP contribution >= 0.6 is 0 Å². The van der Waals surface area contributed by atoms with Crippen molar-refractivity contribution in [1.29, 1.82) is 0 Å². The first-order valence-electron chi connectivity index (χ1n) is 7.62. The van der Waals surface area contributed by atoms with Crippen molar-refractivity contribution in [1.82, 2.24) is 9.88 Å². The van der Waals surface area contributed by atoms with Gasteiger partial charge in [0.2, 0.25) is 5.91 Å². The van der Waals surface area contributed by atoms with Gasteiger partial charge in [0.1, 0.15) is 5.82 Å². The molecule has 0 saturated carbocycles. The molecule has 1 aromatic carbocycles. The number of oxazole rings is 1. The lowest BCUT2D eigenvalue weighted by Gasteiger charge is -2.15. The molecule has 0 bridgehead atoms. The van der Waals surface area contributed by atoms with Crippen LogP contribution in [0, 0.1) is 5.82 Å². The lowest BCUT2D eigenvalue weighted by atomic mass is 10.2. The molecular formula is C17H19FN2O4. The van der Waals surface area contributed by atoms with Gasteiger partial charge in [-0.3, -0.25) is 9.59 Å². The van der Waals surface area contributed by atoms with Crippen LogP contribution in [0.4, 0.5) is 4.39 Å². The number of carboxylic acids is 1. The second-order valence-corrected chi connectivity index (χ2v) is 5.41. The normalized spacial score (nSPS) is 10.6. The lowest BCUT2D eigenvalue weighted by Crippen LogP contribution is -2.28. The van der Waals surface area contributed by atoms with E-state index in [0.717, 1.165) is 0 Å². The summed E-state index contributed by atoms with van der Waals surface area (Å²) < 4.78 is 19.2. The van der Waals surface area contributed by atoms with Gasteiger partial charge in [-0.25, -0.2) is 9.37 Å². The number of benzene rings is 1. The van der Waals surface area contributed by atoms with Gasteiger partial charge in [0, 0.05) is 32.9 Å². The minimum absolute atomic E-state index is 0.0311. The molecule has 0 unspecified atom stereocenters. The summed E-state index contributed by atoms with van der Waals surface area (Å²) in [7, 11) is 1.63. The number of hydrogen-bond donors (Lipinski definition) is 1. The Morgan fingerprint density at radius 3 is 2.75 bits per heavy atom. The molecule has 7 heteroatoms. The summed E-state index contributed by atoms with van der Waals surface area (Å²) in [6.45, 7) is 0.386. The van der Waals surface area contributed by atoms with Crippen molar-refractivity contribution in [3.05, 3.63) is 42.2 Å². The number of carbonyl (C=O) groups excluding carboxylic acids is 1. The van der Waals surface area contributed by atoms with Gasteiger partial charge in [-0.15, -0.1) is 0 Å². The molecule has 1 amide bonds. The molecule has 0 spiro atoms. The minimum atomic E-state index is -0.878. The largest absolute Gasteiger partial charge is 0.481 e. The first-order chi connectivity index (χ1) is 11.5. The maximum absolute atomic E-state index is 13.7. The highest BCUT2D eigenvalue weighted by molar-refractivity contribution is 5.76. The van der Waals surface area contributed by atoms with Crippen LogP contribution in [0.1, 0.15) is 25.2 Å². The molecule has 0 saturated heterocycles. The van der Waals surface area contributed by atoms with Gasteiger partial charge < -0.3 is 14.4 Å². The Labute approximate surface area is 138 Å². The van der Waals surface area contributed by atoms with Crippen molar-refractivity contribution in [2.45, 2.75) is 25.7 Å². The molecule has 0 aliphatic rings. The van der Waals surface area contributed by atoms with Crippen LogP contribution in [-0.4, -0.2) is 40.5 Å². The molecule has 6 nitrogen and oxygen atoms in total. The van der Waals surface area contributed by atoms with Crippen LogP contribution in [0.2, 0.25) is 0 Å². The summed E-state index contributed by atoms with van der Waals surface area (Å²) in [6, 6.07) is 6.24. The molecular weight excluding hydrogens is 315 g/mol. The summed E-state index contributed by atoms with van der Waals surface area (Å²) in [5, 5.41) is 8.58. The predicted octanol–water partition coefficient (Wildman–Crippen LogP) is 2.74. The van der Waals surface area contributed by atoms with Crippen LogP contribution in [0.15, 0.2) is 34.9 Å². The molecule has 128 valence electrons. The Bertz CT molecular complexity index is 714. The topological polar surface area (TPSA) is 83.6 Å². The van der Waals surface area contributed by atoms with E-state index in [1.54, 1.807) is 25.2 Å². The van der Waals surface area contributed by atoms with Gasteiger partial charge in [0.25, 0.3) is 0 Å². The van der Waals surface area contributed by atoms with E-state index in [4.69, 9.17) is 9.52 Å². The van der Waals surface area contributed by atoms with E-state index in [0.29, 0.717) is 36.6 Å². The Morgan fingerprint density at radius 2 is 2.04 bits per heavy atom. The fraction of sp³-hybridized carbons (Fsp3) is 0.353. The van der Waals surface area contributed by atoms with Crippen LogP contribution in [0.25, 0.3) is 11.3 Å². The number of aliphatic carboxylic acids is 1. The van der Waals surface area contributed by atoms with Crippen molar-refractivity contribution < 1.29 is 23.5 Å². The monoisotopic (exact) mass is 334 g/mol. The van der Waals surface area contributed by atoms with E-state index in [9.17, 15) is 14.0 Å².